The van der Waals surface area contributed by atoms with Crippen molar-refractivity contribution in [1.82, 2.24) is 9.80 Å². The van der Waals surface area contributed by atoms with Gasteiger partial charge in [-0.2, -0.15) is 0 Å². The summed E-state index contributed by atoms with van der Waals surface area (Å²) in [6.07, 6.45) is 0.885. The molecule has 0 atom stereocenters. The molecule has 0 aliphatic carbocycles. The van der Waals surface area contributed by atoms with Crippen molar-refractivity contribution < 1.29 is 13.9 Å². The summed E-state index contributed by atoms with van der Waals surface area (Å²) in [6.45, 7) is 10.2. The van der Waals surface area contributed by atoms with Crippen molar-refractivity contribution in [3.8, 4) is 11.1 Å². The van der Waals surface area contributed by atoms with Crippen LogP contribution in [0.1, 0.15) is 36.9 Å². The number of hydrogen-bond donors (Lipinski definition) is 0. The fourth-order valence-corrected chi connectivity index (χ4v) is 3.77. The van der Waals surface area contributed by atoms with Crippen molar-refractivity contribution in [3.63, 3.8) is 0 Å². The molecule has 1 amide bonds. The van der Waals surface area contributed by atoms with Gasteiger partial charge in [0.15, 0.2) is 0 Å². The minimum Gasteiger partial charge on any atom is -0.461 e. The highest BCUT2D eigenvalue weighted by Crippen LogP contribution is 2.28. The standard InChI is InChI=1S/C26H32N2O3/c1-26(2,3)27(4)12-11-23-18-22-17-21(9-10-24(22)31-23)19-5-7-20(8-6-19)25(29)28-13-15-30-16-14-28/h5-10,17-18H,11-16H2,1-4H3. The maximum Gasteiger partial charge on any atom is 0.254 e. The number of benzene rings is 2. The molecule has 0 spiro atoms. The molecular weight excluding hydrogens is 388 g/mol. The molecule has 1 saturated heterocycles. The first-order chi connectivity index (χ1) is 14.8. The monoisotopic (exact) mass is 420 g/mol. The molecule has 5 heteroatoms. The van der Waals surface area contributed by atoms with E-state index in [4.69, 9.17) is 9.15 Å². The van der Waals surface area contributed by atoms with E-state index in [-0.39, 0.29) is 11.4 Å². The lowest BCUT2D eigenvalue weighted by Crippen LogP contribution is -2.40. The average Bonchev–Trinajstić information content (AvgIpc) is 3.19. The third kappa shape index (κ3) is 5.00. The van der Waals surface area contributed by atoms with Crippen molar-refractivity contribution >= 4 is 16.9 Å². The molecule has 4 rings (SSSR count). The number of rotatable bonds is 5. The third-order valence-electron chi connectivity index (χ3n) is 6.17. The number of carbonyl (C=O) groups excluding carboxylic acids is 1. The van der Waals surface area contributed by atoms with Crippen LogP contribution in [0.5, 0.6) is 0 Å². The molecule has 1 aliphatic heterocycles. The maximum atomic E-state index is 12.7. The van der Waals surface area contributed by atoms with E-state index in [9.17, 15) is 4.79 Å². The third-order valence-corrected chi connectivity index (χ3v) is 6.17. The zero-order chi connectivity index (χ0) is 22.0. The highest BCUT2D eigenvalue weighted by atomic mass is 16.5. The van der Waals surface area contributed by atoms with Gasteiger partial charge in [-0.1, -0.05) is 18.2 Å². The van der Waals surface area contributed by atoms with Crippen LogP contribution in [0.25, 0.3) is 22.1 Å². The minimum absolute atomic E-state index is 0.0741. The summed E-state index contributed by atoms with van der Waals surface area (Å²) in [6, 6.07) is 16.3. The summed E-state index contributed by atoms with van der Waals surface area (Å²) < 4.78 is 11.4. The number of hydrogen-bond acceptors (Lipinski definition) is 4. The van der Waals surface area contributed by atoms with Crippen LogP contribution in [0.2, 0.25) is 0 Å². The zero-order valence-corrected chi connectivity index (χ0v) is 19.0. The van der Waals surface area contributed by atoms with Crippen molar-refractivity contribution in [2.75, 3.05) is 39.9 Å². The number of carbonyl (C=O) groups is 1. The highest BCUT2D eigenvalue weighted by Gasteiger charge is 2.19. The SMILES string of the molecule is CN(CCc1cc2cc(-c3ccc(C(=O)N4CCOCC4)cc3)ccc2o1)C(C)(C)C. The predicted octanol–water partition coefficient (Wildman–Crippen LogP) is 4.85. The average molecular weight is 421 g/mol. The molecule has 0 radical (unpaired) electrons. The van der Waals surface area contributed by atoms with E-state index in [1.807, 2.05) is 35.2 Å². The molecule has 1 fully saturated rings. The summed E-state index contributed by atoms with van der Waals surface area (Å²) in [5.74, 6) is 1.08. The predicted molar refractivity (Wildman–Crippen MR) is 124 cm³/mol. The van der Waals surface area contributed by atoms with E-state index in [0.717, 1.165) is 46.4 Å². The Balaban J connectivity index is 1.47. The normalized spacial score (nSPS) is 15.1. The molecule has 2 heterocycles. The summed E-state index contributed by atoms with van der Waals surface area (Å²) in [5.41, 5.74) is 4.00. The number of morpholine rings is 1. The maximum absolute atomic E-state index is 12.7. The second kappa shape index (κ2) is 8.85. The van der Waals surface area contributed by atoms with Gasteiger partial charge in [-0.15, -0.1) is 0 Å². The van der Waals surface area contributed by atoms with Crippen LogP contribution in [0.3, 0.4) is 0 Å². The van der Waals surface area contributed by atoms with Gasteiger partial charge in [0.2, 0.25) is 0 Å². The van der Waals surface area contributed by atoms with Crippen molar-refractivity contribution in [3.05, 3.63) is 59.9 Å². The highest BCUT2D eigenvalue weighted by molar-refractivity contribution is 5.95. The van der Waals surface area contributed by atoms with Crippen LogP contribution >= 0.6 is 0 Å². The fraction of sp³-hybridized carbons (Fsp3) is 0.423. The van der Waals surface area contributed by atoms with Gasteiger partial charge in [-0.05, 0) is 69.3 Å². The molecule has 3 aromatic rings. The molecule has 2 aromatic carbocycles. The quantitative estimate of drug-likeness (QED) is 0.592. The van der Waals surface area contributed by atoms with Crippen LogP contribution in [-0.4, -0.2) is 61.1 Å². The van der Waals surface area contributed by atoms with Crippen molar-refractivity contribution in [2.24, 2.45) is 0 Å². The van der Waals surface area contributed by atoms with E-state index in [2.05, 4.69) is 50.9 Å². The summed E-state index contributed by atoms with van der Waals surface area (Å²) in [7, 11) is 2.15. The van der Waals surface area contributed by atoms with Crippen molar-refractivity contribution in [1.29, 1.82) is 0 Å². The van der Waals surface area contributed by atoms with Gasteiger partial charge in [0.1, 0.15) is 11.3 Å². The number of fused-ring (bicyclic) bond motifs is 1. The minimum atomic E-state index is 0.0741. The van der Waals surface area contributed by atoms with Gasteiger partial charge >= 0.3 is 0 Å². The topological polar surface area (TPSA) is 45.9 Å². The molecule has 1 aliphatic rings. The molecule has 31 heavy (non-hydrogen) atoms. The van der Waals surface area contributed by atoms with Crippen molar-refractivity contribution in [2.45, 2.75) is 32.7 Å². The lowest BCUT2D eigenvalue weighted by Gasteiger charge is -2.31. The van der Waals surface area contributed by atoms with E-state index in [1.54, 1.807) is 0 Å². The molecular formula is C26H32N2O3. The Morgan fingerprint density at radius 3 is 2.35 bits per heavy atom. The Morgan fingerprint density at radius 1 is 1.00 bits per heavy atom. The Bertz CT molecular complexity index is 1040. The Kier molecular flexibility index (Phi) is 6.17. The van der Waals surface area contributed by atoms with Gasteiger partial charge in [-0.25, -0.2) is 0 Å². The largest absolute Gasteiger partial charge is 0.461 e. The molecule has 0 bridgehead atoms. The lowest BCUT2D eigenvalue weighted by molar-refractivity contribution is 0.0303. The molecule has 0 N–H and O–H groups in total. The van der Waals surface area contributed by atoms with E-state index >= 15 is 0 Å². The smallest absolute Gasteiger partial charge is 0.254 e. The van der Waals surface area contributed by atoms with Crippen LogP contribution in [0, 0.1) is 0 Å². The first-order valence-electron chi connectivity index (χ1n) is 11.0. The van der Waals surface area contributed by atoms with Gasteiger partial charge in [-0.3, -0.25) is 4.79 Å². The van der Waals surface area contributed by atoms with Crippen LogP contribution in [0.4, 0.5) is 0 Å². The molecule has 1 aromatic heterocycles. The summed E-state index contributed by atoms with van der Waals surface area (Å²) in [5, 5.41) is 1.11. The molecule has 164 valence electrons. The van der Waals surface area contributed by atoms with Crippen LogP contribution < -0.4 is 0 Å². The Morgan fingerprint density at radius 2 is 1.68 bits per heavy atom. The van der Waals surface area contributed by atoms with Gasteiger partial charge < -0.3 is 19.0 Å². The number of likely N-dealkylation sites (N-methyl/N-ethyl adjacent to an activating group) is 1. The number of amides is 1. The Hall–Kier alpha value is -2.63. The molecule has 0 saturated carbocycles. The molecule has 0 unspecified atom stereocenters. The fourth-order valence-electron chi connectivity index (χ4n) is 3.77. The van der Waals surface area contributed by atoms with E-state index in [1.165, 1.54) is 0 Å². The number of nitrogens with zero attached hydrogens (tertiary/aromatic N) is 2. The number of furan rings is 1. The van der Waals surface area contributed by atoms with E-state index < -0.39 is 0 Å². The Labute approximate surface area is 184 Å². The van der Waals surface area contributed by atoms with Crippen LogP contribution in [-0.2, 0) is 11.2 Å². The zero-order valence-electron chi connectivity index (χ0n) is 19.0. The van der Waals surface area contributed by atoms with E-state index in [0.29, 0.717) is 26.3 Å². The van der Waals surface area contributed by atoms with Gasteiger partial charge in [0, 0.05) is 42.5 Å². The summed E-state index contributed by atoms with van der Waals surface area (Å²) >= 11 is 0. The van der Waals surface area contributed by atoms with Crippen LogP contribution in [0.15, 0.2) is 52.9 Å². The lowest BCUT2D eigenvalue weighted by atomic mass is 10.0. The second-order valence-electron chi connectivity index (χ2n) is 9.29. The van der Waals surface area contributed by atoms with Gasteiger partial charge in [0.25, 0.3) is 5.91 Å². The first kappa shape index (κ1) is 21.6. The summed E-state index contributed by atoms with van der Waals surface area (Å²) in [4.78, 5) is 16.8. The molecule has 5 nitrogen and oxygen atoms in total. The first-order valence-corrected chi connectivity index (χ1v) is 11.0. The van der Waals surface area contributed by atoms with Gasteiger partial charge in [0.05, 0.1) is 13.2 Å². The number of ether oxygens (including phenoxy) is 1. The second-order valence-corrected chi connectivity index (χ2v) is 9.29.